The van der Waals surface area contributed by atoms with E-state index in [1.807, 2.05) is 0 Å². The number of rotatable bonds is 6. The maximum atomic E-state index is 11.6. The van der Waals surface area contributed by atoms with Gasteiger partial charge in [0.1, 0.15) is 0 Å². The molecule has 4 nitrogen and oxygen atoms in total. The van der Waals surface area contributed by atoms with Gasteiger partial charge in [-0.3, -0.25) is 9.69 Å². The second-order valence-electron chi connectivity index (χ2n) is 4.89. The first-order valence-corrected chi connectivity index (χ1v) is 7.82. The summed E-state index contributed by atoms with van der Waals surface area (Å²) in [5.41, 5.74) is 0.997. The molecule has 1 fully saturated rings. The molecule has 2 heterocycles. The van der Waals surface area contributed by atoms with Crippen molar-refractivity contribution in [1.29, 1.82) is 0 Å². The summed E-state index contributed by atoms with van der Waals surface area (Å²) >= 11 is 1.58. The highest BCUT2D eigenvalue weighted by molar-refractivity contribution is 7.13. The molecule has 2 rings (SSSR count). The molecule has 0 radical (unpaired) electrons. The molecule has 5 heteroatoms. The van der Waals surface area contributed by atoms with Crippen LogP contribution in [0.15, 0.2) is 0 Å². The molecule has 106 valence electrons. The quantitative estimate of drug-likeness (QED) is 0.750. The average Bonchev–Trinajstić information content (AvgIpc) is 2.81. The second-order valence-corrected chi connectivity index (χ2v) is 5.98. The smallest absolute Gasteiger partial charge is 0.171 e. The van der Waals surface area contributed by atoms with Crippen LogP contribution >= 0.6 is 11.3 Å². The largest absolute Gasteiger partial charge is 0.379 e. The third kappa shape index (κ3) is 4.09. The van der Waals surface area contributed by atoms with Gasteiger partial charge in [0.15, 0.2) is 5.78 Å². The standard InChI is InChI=1S/C14H22N2O2S/c1-3-4-12-14(11(2)17)19-13(15-12)5-6-16-7-9-18-10-8-16/h3-10H2,1-2H3. The van der Waals surface area contributed by atoms with Crippen molar-refractivity contribution in [2.45, 2.75) is 33.1 Å². The fourth-order valence-corrected chi connectivity index (χ4v) is 3.26. The van der Waals surface area contributed by atoms with Crippen molar-refractivity contribution in [2.75, 3.05) is 32.8 Å². The molecule has 1 saturated heterocycles. The van der Waals surface area contributed by atoms with Gasteiger partial charge in [-0.15, -0.1) is 11.3 Å². The Hall–Kier alpha value is -0.780. The Morgan fingerprint density at radius 1 is 1.37 bits per heavy atom. The summed E-state index contributed by atoms with van der Waals surface area (Å²) in [6, 6.07) is 0. The minimum Gasteiger partial charge on any atom is -0.379 e. The number of ether oxygens (including phenoxy) is 1. The Balaban J connectivity index is 1.95. The lowest BCUT2D eigenvalue weighted by atomic mass is 10.2. The number of aromatic nitrogens is 1. The Morgan fingerprint density at radius 3 is 2.74 bits per heavy atom. The molecular weight excluding hydrogens is 260 g/mol. The molecule has 0 N–H and O–H groups in total. The summed E-state index contributed by atoms with van der Waals surface area (Å²) in [6.07, 6.45) is 2.88. The van der Waals surface area contributed by atoms with Gasteiger partial charge >= 0.3 is 0 Å². The summed E-state index contributed by atoms with van der Waals surface area (Å²) in [4.78, 5) is 19.5. The van der Waals surface area contributed by atoms with Crippen molar-refractivity contribution >= 4 is 17.1 Å². The number of aryl methyl sites for hydroxylation is 1. The minimum atomic E-state index is 0.151. The van der Waals surface area contributed by atoms with Gasteiger partial charge in [-0.2, -0.15) is 0 Å². The van der Waals surface area contributed by atoms with Gasteiger partial charge in [0, 0.05) is 33.0 Å². The third-order valence-corrected chi connectivity index (χ3v) is 4.55. The Bertz CT molecular complexity index is 425. The van der Waals surface area contributed by atoms with Crippen LogP contribution in [-0.4, -0.2) is 48.5 Å². The number of morpholine rings is 1. The number of carbonyl (C=O) groups is 1. The lowest BCUT2D eigenvalue weighted by Gasteiger charge is -2.25. The minimum absolute atomic E-state index is 0.151. The van der Waals surface area contributed by atoms with E-state index in [0.717, 1.165) is 67.7 Å². The van der Waals surface area contributed by atoms with Crippen LogP contribution in [0.3, 0.4) is 0 Å². The zero-order chi connectivity index (χ0) is 13.7. The summed E-state index contributed by atoms with van der Waals surface area (Å²) in [5.74, 6) is 0.151. The van der Waals surface area contributed by atoms with Crippen molar-refractivity contribution < 1.29 is 9.53 Å². The molecule has 1 aromatic rings. The molecule has 1 aromatic heterocycles. The summed E-state index contributed by atoms with van der Waals surface area (Å²) in [6.45, 7) is 8.45. The zero-order valence-electron chi connectivity index (χ0n) is 11.8. The highest BCUT2D eigenvalue weighted by Crippen LogP contribution is 2.21. The zero-order valence-corrected chi connectivity index (χ0v) is 12.6. The number of hydrogen-bond donors (Lipinski definition) is 0. The number of Topliss-reactive ketones (excluding diaryl/α,β-unsaturated/α-hetero) is 1. The summed E-state index contributed by atoms with van der Waals surface area (Å²) in [5, 5.41) is 1.10. The molecule has 0 bridgehead atoms. The van der Waals surface area contributed by atoms with E-state index in [1.165, 1.54) is 0 Å². The van der Waals surface area contributed by atoms with E-state index in [4.69, 9.17) is 4.74 Å². The van der Waals surface area contributed by atoms with Gasteiger partial charge in [-0.1, -0.05) is 13.3 Å². The maximum Gasteiger partial charge on any atom is 0.171 e. The van der Waals surface area contributed by atoms with Gasteiger partial charge in [0.25, 0.3) is 0 Å². The fourth-order valence-electron chi connectivity index (χ4n) is 2.27. The van der Waals surface area contributed by atoms with Gasteiger partial charge < -0.3 is 4.74 Å². The number of ketones is 1. The molecule has 0 spiro atoms. The topological polar surface area (TPSA) is 42.4 Å². The van der Waals surface area contributed by atoms with Crippen LogP contribution in [0.5, 0.6) is 0 Å². The molecule has 0 aromatic carbocycles. The van der Waals surface area contributed by atoms with E-state index >= 15 is 0 Å². The fraction of sp³-hybridized carbons (Fsp3) is 0.714. The molecule has 1 aliphatic heterocycles. The first-order chi connectivity index (χ1) is 9.20. The van der Waals surface area contributed by atoms with Crippen molar-refractivity contribution in [3.8, 4) is 0 Å². The van der Waals surface area contributed by atoms with E-state index in [2.05, 4.69) is 16.8 Å². The average molecular weight is 282 g/mol. The van der Waals surface area contributed by atoms with Gasteiger partial charge in [0.05, 0.1) is 28.8 Å². The summed E-state index contributed by atoms with van der Waals surface area (Å²) in [7, 11) is 0. The van der Waals surface area contributed by atoms with Crippen LogP contribution in [0.25, 0.3) is 0 Å². The first kappa shape index (κ1) is 14.6. The lowest BCUT2D eigenvalue weighted by molar-refractivity contribution is 0.0384. The predicted molar refractivity (Wildman–Crippen MR) is 77.1 cm³/mol. The number of thiazole rings is 1. The Morgan fingerprint density at radius 2 is 2.11 bits per heavy atom. The number of hydrogen-bond acceptors (Lipinski definition) is 5. The highest BCUT2D eigenvalue weighted by atomic mass is 32.1. The van der Waals surface area contributed by atoms with Crippen molar-refractivity contribution in [3.63, 3.8) is 0 Å². The monoisotopic (exact) mass is 282 g/mol. The van der Waals surface area contributed by atoms with Crippen molar-refractivity contribution in [3.05, 3.63) is 15.6 Å². The molecule has 0 aliphatic carbocycles. The van der Waals surface area contributed by atoms with Gasteiger partial charge in [0.2, 0.25) is 0 Å². The van der Waals surface area contributed by atoms with E-state index in [1.54, 1.807) is 18.3 Å². The lowest BCUT2D eigenvalue weighted by Crippen LogP contribution is -2.37. The SMILES string of the molecule is CCCc1nc(CCN2CCOCC2)sc1C(C)=O. The molecular formula is C14H22N2O2S. The van der Waals surface area contributed by atoms with Crippen LogP contribution in [-0.2, 0) is 17.6 Å². The molecule has 0 saturated carbocycles. The van der Waals surface area contributed by atoms with Crippen LogP contribution in [0.4, 0.5) is 0 Å². The third-order valence-electron chi connectivity index (χ3n) is 3.29. The molecule has 1 aliphatic rings. The Kier molecular flexibility index (Phi) is 5.48. The Labute approximate surface area is 118 Å². The van der Waals surface area contributed by atoms with Crippen LogP contribution in [0.2, 0.25) is 0 Å². The molecule has 0 unspecified atom stereocenters. The van der Waals surface area contributed by atoms with Crippen molar-refractivity contribution in [2.24, 2.45) is 0 Å². The molecule has 19 heavy (non-hydrogen) atoms. The normalized spacial score (nSPS) is 16.7. The maximum absolute atomic E-state index is 11.6. The van der Waals surface area contributed by atoms with Crippen LogP contribution in [0.1, 0.15) is 40.6 Å². The van der Waals surface area contributed by atoms with Gasteiger partial charge in [-0.05, 0) is 6.42 Å². The highest BCUT2D eigenvalue weighted by Gasteiger charge is 2.16. The van der Waals surface area contributed by atoms with Crippen LogP contribution in [0, 0.1) is 0 Å². The second kappa shape index (κ2) is 7.12. The van der Waals surface area contributed by atoms with Gasteiger partial charge in [-0.25, -0.2) is 4.98 Å². The van der Waals surface area contributed by atoms with E-state index < -0.39 is 0 Å². The van der Waals surface area contributed by atoms with E-state index in [-0.39, 0.29) is 5.78 Å². The molecule has 0 amide bonds. The summed E-state index contributed by atoms with van der Waals surface area (Å²) < 4.78 is 5.34. The number of nitrogens with zero attached hydrogens (tertiary/aromatic N) is 2. The predicted octanol–water partition coefficient (Wildman–Crippen LogP) is 2.17. The first-order valence-electron chi connectivity index (χ1n) is 7.00. The molecule has 0 atom stereocenters. The van der Waals surface area contributed by atoms with Crippen molar-refractivity contribution in [1.82, 2.24) is 9.88 Å². The van der Waals surface area contributed by atoms with E-state index in [9.17, 15) is 4.79 Å². The van der Waals surface area contributed by atoms with Crippen LogP contribution < -0.4 is 0 Å². The number of carbonyl (C=O) groups excluding carboxylic acids is 1. The van der Waals surface area contributed by atoms with E-state index in [0.29, 0.717) is 0 Å².